The Kier molecular flexibility index (Phi) is 18.3. The Hall–Kier alpha value is -4.61. The van der Waals surface area contributed by atoms with E-state index in [4.69, 9.17) is 18.9 Å². The number of alkyl carbamates (subject to hydrolysis) is 1. The standard InChI is InChI=1S/C47H65NO15/c1-28-41(52)31(48-46(57)61-23-18-16-14-12-10-8-6-4-5-7-9-11-13-15-17-22-35(51)60-3)24-36(62-28)63-33-26-47(58,34(50)27-49)25-30-38(33)45(56)40-39(43(30)54)42(53)29-20-19-21-32(59-2)37(29)44(40)55/h19-21,28,31,33,36,41,49,52,54,56,58H,4-18,22-27H2,1-3H3,(H,48,57)/t28-,31-,33-,36?,41+,47?/m0/s1. The maximum atomic E-state index is 14.0. The molecule has 348 valence electrons. The number of hydrogen-bond donors (Lipinski definition) is 6. The van der Waals surface area contributed by atoms with Crippen LogP contribution in [0.1, 0.15) is 172 Å². The van der Waals surface area contributed by atoms with Crippen LogP contribution < -0.4 is 10.1 Å². The second kappa shape index (κ2) is 23.4. The number of amides is 1. The molecule has 0 spiro atoms. The van der Waals surface area contributed by atoms with Crippen molar-refractivity contribution in [2.75, 3.05) is 27.4 Å². The Morgan fingerprint density at radius 2 is 1.41 bits per heavy atom. The van der Waals surface area contributed by atoms with Crippen molar-refractivity contribution in [3.05, 3.63) is 51.6 Å². The average Bonchev–Trinajstić information content (AvgIpc) is 3.26. The molecular formula is C47H65NO15. The number of aliphatic hydroxyl groups is 3. The van der Waals surface area contributed by atoms with Crippen LogP contribution in [0.15, 0.2) is 18.2 Å². The molecule has 1 fully saturated rings. The van der Waals surface area contributed by atoms with E-state index in [-0.39, 0.29) is 47.0 Å². The van der Waals surface area contributed by atoms with Gasteiger partial charge in [-0.1, -0.05) is 95.6 Å². The van der Waals surface area contributed by atoms with Gasteiger partial charge in [-0.15, -0.1) is 0 Å². The summed E-state index contributed by atoms with van der Waals surface area (Å²) in [6.45, 7) is 0.674. The third kappa shape index (κ3) is 12.1. The summed E-state index contributed by atoms with van der Waals surface area (Å²) in [5.74, 6) is -4.13. The van der Waals surface area contributed by atoms with Gasteiger partial charge in [0.15, 0.2) is 17.9 Å². The van der Waals surface area contributed by atoms with Gasteiger partial charge in [0.25, 0.3) is 0 Å². The van der Waals surface area contributed by atoms with E-state index in [9.17, 15) is 49.5 Å². The van der Waals surface area contributed by atoms with Crippen LogP contribution in [0.25, 0.3) is 0 Å². The monoisotopic (exact) mass is 883 g/mol. The molecule has 2 aliphatic carbocycles. The highest BCUT2D eigenvalue weighted by Crippen LogP contribution is 2.52. The maximum Gasteiger partial charge on any atom is 0.407 e. The van der Waals surface area contributed by atoms with Crippen LogP contribution in [0.3, 0.4) is 0 Å². The molecule has 2 unspecified atom stereocenters. The number of fused-ring (bicyclic) bond motifs is 3. The number of ether oxygens (including phenoxy) is 5. The summed E-state index contributed by atoms with van der Waals surface area (Å²) in [7, 11) is 2.74. The first-order chi connectivity index (χ1) is 30.3. The lowest BCUT2D eigenvalue weighted by molar-refractivity contribution is -0.249. The number of unbranched alkanes of at least 4 members (excludes halogenated alkanes) is 14. The number of carbonyl (C=O) groups is 5. The zero-order valence-corrected chi connectivity index (χ0v) is 36.8. The van der Waals surface area contributed by atoms with Crippen LogP contribution in [0.4, 0.5) is 4.79 Å². The Balaban J connectivity index is 1.10. The minimum absolute atomic E-state index is 0.0713. The van der Waals surface area contributed by atoms with Gasteiger partial charge in [0, 0.05) is 42.4 Å². The van der Waals surface area contributed by atoms with Crippen LogP contribution in [0, 0.1) is 0 Å². The molecule has 1 amide bonds. The summed E-state index contributed by atoms with van der Waals surface area (Å²) in [4.78, 5) is 64.7. The number of phenolic OH excluding ortho intramolecular Hbond substituents is 2. The molecule has 0 aromatic heterocycles. The topological polar surface area (TPSA) is 245 Å². The normalized spacial score (nSPS) is 22.7. The first kappa shape index (κ1) is 49.4. The summed E-state index contributed by atoms with van der Waals surface area (Å²) < 4.78 is 27.6. The molecule has 0 bridgehead atoms. The predicted octanol–water partition coefficient (Wildman–Crippen LogP) is 6.18. The number of esters is 1. The lowest BCUT2D eigenvalue weighted by Gasteiger charge is -2.42. The fourth-order valence-electron chi connectivity index (χ4n) is 8.99. The van der Waals surface area contributed by atoms with Gasteiger partial charge in [-0.3, -0.25) is 19.2 Å². The van der Waals surface area contributed by atoms with Gasteiger partial charge >= 0.3 is 12.1 Å². The fraction of sp³-hybridized carbons (Fsp3) is 0.638. The minimum atomic E-state index is -2.33. The quantitative estimate of drug-likeness (QED) is 0.0334. The van der Waals surface area contributed by atoms with Crippen molar-refractivity contribution in [2.24, 2.45) is 0 Å². The smallest absolute Gasteiger partial charge is 0.407 e. The van der Waals surface area contributed by atoms with E-state index in [1.807, 2.05) is 0 Å². The van der Waals surface area contributed by atoms with E-state index >= 15 is 0 Å². The zero-order valence-electron chi connectivity index (χ0n) is 36.8. The van der Waals surface area contributed by atoms with Gasteiger partial charge in [0.2, 0.25) is 5.78 Å². The van der Waals surface area contributed by atoms with Crippen LogP contribution in [-0.4, -0.2) is 113 Å². The van der Waals surface area contributed by atoms with Gasteiger partial charge < -0.3 is 54.5 Å². The lowest BCUT2D eigenvalue weighted by atomic mass is 9.72. The van der Waals surface area contributed by atoms with Crippen molar-refractivity contribution < 1.29 is 73.2 Å². The van der Waals surface area contributed by atoms with E-state index in [0.717, 1.165) is 32.1 Å². The molecule has 1 aliphatic heterocycles. The predicted molar refractivity (Wildman–Crippen MR) is 228 cm³/mol. The maximum absolute atomic E-state index is 14.0. The molecule has 16 nitrogen and oxygen atoms in total. The van der Waals surface area contributed by atoms with E-state index in [1.54, 1.807) is 6.92 Å². The number of aliphatic hydroxyl groups excluding tert-OH is 2. The van der Waals surface area contributed by atoms with Crippen LogP contribution in [0.5, 0.6) is 17.2 Å². The summed E-state index contributed by atoms with van der Waals surface area (Å²) in [5.41, 5.74) is -3.95. The van der Waals surface area contributed by atoms with E-state index in [2.05, 4.69) is 10.1 Å². The van der Waals surface area contributed by atoms with Crippen LogP contribution >= 0.6 is 0 Å². The van der Waals surface area contributed by atoms with E-state index in [1.165, 1.54) is 90.2 Å². The number of benzene rings is 2. The second-order valence-corrected chi connectivity index (χ2v) is 17.0. The third-order valence-corrected chi connectivity index (χ3v) is 12.5. The van der Waals surface area contributed by atoms with Gasteiger partial charge in [-0.05, 0) is 25.8 Å². The summed E-state index contributed by atoms with van der Waals surface area (Å²) in [6.07, 6.45) is 10.4. The molecular weight excluding hydrogens is 819 g/mol. The molecule has 0 saturated carbocycles. The Bertz CT molecular complexity index is 1930. The average molecular weight is 884 g/mol. The van der Waals surface area contributed by atoms with Crippen molar-refractivity contribution in [1.29, 1.82) is 0 Å². The molecule has 0 radical (unpaired) electrons. The van der Waals surface area contributed by atoms with Gasteiger partial charge in [0.1, 0.15) is 35.6 Å². The highest BCUT2D eigenvalue weighted by Gasteiger charge is 2.50. The Morgan fingerprint density at radius 3 is 2.00 bits per heavy atom. The second-order valence-electron chi connectivity index (χ2n) is 17.0. The van der Waals surface area contributed by atoms with Gasteiger partial charge in [0.05, 0.1) is 55.8 Å². The van der Waals surface area contributed by atoms with Gasteiger partial charge in [-0.2, -0.15) is 0 Å². The van der Waals surface area contributed by atoms with Gasteiger partial charge in [-0.25, -0.2) is 4.79 Å². The number of hydrogen-bond acceptors (Lipinski definition) is 15. The number of phenols is 2. The number of nitrogens with one attached hydrogen (secondary N) is 1. The van der Waals surface area contributed by atoms with Crippen molar-refractivity contribution in [2.45, 2.75) is 165 Å². The van der Waals surface area contributed by atoms with Crippen LogP contribution in [-0.2, 0) is 35.0 Å². The largest absolute Gasteiger partial charge is 0.507 e. The zero-order chi connectivity index (χ0) is 45.7. The Morgan fingerprint density at radius 1 is 0.825 bits per heavy atom. The molecule has 1 saturated heterocycles. The van der Waals surface area contributed by atoms with E-state index < -0.39 is 102 Å². The van der Waals surface area contributed by atoms with Crippen LogP contribution in [0.2, 0.25) is 0 Å². The fourth-order valence-corrected chi connectivity index (χ4v) is 8.99. The number of carbonyl (C=O) groups excluding carboxylic acids is 5. The molecule has 6 N–H and O–H groups in total. The van der Waals surface area contributed by atoms with Crippen molar-refractivity contribution in [3.63, 3.8) is 0 Å². The highest BCUT2D eigenvalue weighted by molar-refractivity contribution is 6.31. The van der Waals surface area contributed by atoms with Crippen molar-refractivity contribution in [3.8, 4) is 17.2 Å². The summed E-state index contributed by atoms with van der Waals surface area (Å²) >= 11 is 0. The minimum Gasteiger partial charge on any atom is -0.507 e. The molecule has 3 aliphatic rings. The molecule has 1 heterocycles. The molecule has 5 rings (SSSR count). The van der Waals surface area contributed by atoms with E-state index in [0.29, 0.717) is 12.8 Å². The number of Topliss-reactive ketones (excluding diaryl/α,β-unsaturated/α-hetero) is 1. The molecule has 2 aromatic carbocycles. The molecule has 16 heteroatoms. The number of methoxy groups -OCH3 is 2. The molecule has 63 heavy (non-hydrogen) atoms. The Labute approximate surface area is 368 Å². The third-order valence-electron chi connectivity index (χ3n) is 12.5. The number of rotatable bonds is 24. The first-order valence-electron chi connectivity index (χ1n) is 22.5. The number of ketones is 3. The first-order valence-corrected chi connectivity index (χ1v) is 22.5. The molecule has 2 aromatic rings. The van der Waals surface area contributed by atoms with Crippen molar-refractivity contribution in [1.82, 2.24) is 5.32 Å². The summed E-state index contributed by atoms with van der Waals surface area (Å²) in [6, 6.07) is 3.42. The summed E-state index contributed by atoms with van der Waals surface area (Å²) in [5, 5.41) is 58.4. The van der Waals surface area contributed by atoms with Crippen molar-refractivity contribution >= 4 is 29.4 Å². The molecule has 6 atom stereocenters. The number of aromatic hydroxyl groups is 2. The highest BCUT2D eigenvalue weighted by atomic mass is 16.7. The lowest BCUT2D eigenvalue weighted by Crippen LogP contribution is -2.56. The SMILES string of the molecule is COC(=O)CCCCCCCCCCCCCCCCCOC(=O)N[C@H]1CC(O[C@H]2CC(O)(C(=O)CO)Cc3c(O)c4c(c(O)c32)C(=O)c2c(OC)cccc2C4=O)O[C@@H](C)[C@H]1O.